The Bertz CT molecular complexity index is 5410. The van der Waals surface area contributed by atoms with Gasteiger partial charge in [0.2, 0.25) is 11.8 Å². The Kier molecular flexibility index (Phi) is 15.3. The molecule has 0 saturated heterocycles. The predicted molar refractivity (Wildman–Crippen MR) is 367 cm³/mol. The molecular weight excluding hydrogens is 1130 g/mol. The highest BCUT2D eigenvalue weighted by Crippen LogP contribution is 2.43. The first kappa shape index (κ1) is 56.1. The molecule has 2 N–H and O–H groups in total. The van der Waals surface area contributed by atoms with Gasteiger partial charge in [-0.1, -0.05) is 206 Å². The SMILES string of the molecule is N#Cc1ccc(-c2cc(-c3cc4ccccc4c4ccccc34)cc3oc(-c4ccc(-c5ccccc5)cc4)nc23)cc1.N#Cc1ccc(-c2cc(-c3cc4ccccc4c4ccccc34)cc3oc(-c4ccc(Cl)cc4)nc23)cc1.OB(O)c1ccccc1. The molecule has 90 heavy (non-hydrogen) atoms. The molecule has 0 aliphatic heterocycles. The van der Waals surface area contributed by atoms with Crippen LogP contribution >= 0.6 is 11.6 Å². The monoisotopic (exact) mass is 1180 g/mol. The molecular formula is C80H50BClN4O4. The minimum atomic E-state index is -1.34. The fraction of sp³-hybridized carbons (Fsp3) is 0. The van der Waals surface area contributed by atoms with E-state index in [0.29, 0.717) is 39.0 Å². The zero-order chi connectivity index (χ0) is 61.1. The lowest BCUT2D eigenvalue weighted by Crippen LogP contribution is -2.29. The second-order valence-electron chi connectivity index (χ2n) is 21.8. The molecule has 0 unspecified atom stereocenters. The van der Waals surface area contributed by atoms with Gasteiger partial charge < -0.3 is 18.9 Å². The van der Waals surface area contributed by atoms with Crippen molar-refractivity contribution in [2.45, 2.75) is 0 Å². The molecule has 0 radical (unpaired) electrons. The average molecular weight is 1180 g/mol. The van der Waals surface area contributed by atoms with Crippen molar-refractivity contribution in [1.82, 2.24) is 9.97 Å². The molecule has 8 nitrogen and oxygen atoms in total. The van der Waals surface area contributed by atoms with Gasteiger partial charge in [0, 0.05) is 27.3 Å². The van der Waals surface area contributed by atoms with Gasteiger partial charge in [-0.3, -0.25) is 0 Å². The highest BCUT2D eigenvalue weighted by molar-refractivity contribution is 6.58. The fourth-order valence-corrected chi connectivity index (χ4v) is 11.9. The Morgan fingerprint density at radius 2 is 0.678 bits per heavy atom. The number of nitriles is 2. The van der Waals surface area contributed by atoms with Crippen LogP contribution in [0.25, 0.3) is 144 Å². The maximum atomic E-state index is 9.40. The van der Waals surface area contributed by atoms with Crippen LogP contribution in [-0.2, 0) is 0 Å². The number of nitrogens with zero attached hydrogens (tertiary/aromatic N) is 4. The van der Waals surface area contributed by atoms with E-state index in [1.54, 1.807) is 24.3 Å². The number of hydrogen-bond acceptors (Lipinski definition) is 8. The standard InChI is InChI=1S/C40H24N2O.C34H19ClN2O.C6H7BO2/c41-25-26-14-16-29(17-15-26)37-23-32(36-22-31-10-4-5-11-33(31)34-12-6-7-13-35(34)36)24-38-39(37)42-40(43-38)30-20-18-28(19-21-30)27-8-2-1-3-9-27;35-26-15-13-23(14-16-26)34-37-33-31(22-11-9-21(20-36)10-12-22)18-25(19-32(33)38-34)30-17-24-5-1-2-6-27(24)28-7-3-4-8-29(28)30;8-7(9)6-4-2-1-3-5-6/h1-24H;1-19H;1-5,8-9H. The van der Waals surface area contributed by atoms with Gasteiger partial charge in [0.25, 0.3) is 0 Å². The summed E-state index contributed by atoms with van der Waals surface area (Å²) in [7, 11) is -1.34. The Labute approximate surface area is 523 Å². The number of aromatic nitrogens is 2. The van der Waals surface area contributed by atoms with Crippen LogP contribution in [0, 0.1) is 22.7 Å². The van der Waals surface area contributed by atoms with E-state index in [1.807, 2.05) is 97.1 Å². The maximum Gasteiger partial charge on any atom is 0.488 e. The van der Waals surface area contributed by atoms with E-state index in [-0.39, 0.29) is 0 Å². The Morgan fingerprint density at radius 1 is 0.322 bits per heavy atom. The molecule has 424 valence electrons. The molecule has 0 bridgehead atoms. The summed E-state index contributed by atoms with van der Waals surface area (Å²) in [6.07, 6.45) is 0. The van der Waals surface area contributed by atoms with E-state index in [4.69, 9.17) is 40.5 Å². The number of fused-ring (bicyclic) bond motifs is 8. The minimum Gasteiger partial charge on any atom is -0.436 e. The third-order valence-electron chi connectivity index (χ3n) is 16.2. The van der Waals surface area contributed by atoms with Crippen LogP contribution in [0.2, 0.25) is 5.02 Å². The van der Waals surface area contributed by atoms with Crippen LogP contribution in [-0.4, -0.2) is 27.1 Å². The van der Waals surface area contributed by atoms with Crippen molar-refractivity contribution in [1.29, 1.82) is 10.5 Å². The number of rotatable bonds is 8. The van der Waals surface area contributed by atoms with Crippen LogP contribution in [0.1, 0.15) is 11.1 Å². The van der Waals surface area contributed by atoms with Crippen molar-refractivity contribution in [2.75, 3.05) is 0 Å². The van der Waals surface area contributed by atoms with Gasteiger partial charge >= 0.3 is 7.12 Å². The summed E-state index contributed by atoms with van der Waals surface area (Å²) in [5.74, 6) is 1.11. The third-order valence-corrected chi connectivity index (χ3v) is 16.5. The Morgan fingerprint density at radius 3 is 1.10 bits per heavy atom. The van der Waals surface area contributed by atoms with E-state index in [1.165, 1.54) is 48.7 Å². The summed E-state index contributed by atoms with van der Waals surface area (Å²) in [4.78, 5) is 9.92. The molecule has 0 aliphatic carbocycles. The summed E-state index contributed by atoms with van der Waals surface area (Å²) in [5, 5.41) is 46.1. The zero-order valence-electron chi connectivity index (χ0n) is 48.2. The summed E-state index contributed by atoms with van der Waals surface area (Å²) >= 11 is 6.11. The third kappa shape index (κ3) is 11.2. The van der Waals surface area contributed by atoms with Crippen molar-refractivity contribution >= 4 is 89.5 Å². The van der Waals surface area contributed by atoms with E-state index in [9.17, 15) is 10.5 Å². The van der Waals surface area contributed by atoms with Gasteiger partial charge in [-0.05, 0) is 190 Å². The van der Waals surface area contributed by atoms with E-state index in [2.05, 4.69) is 182 Å². The fourth-order valence-electron chi connectivity index (χ4n) is 11.7. The van der Waals surface area contributed by atoms with Crippen molar-refractivity contribution in [3.8, 4) is 90.7 Å². The van der Waals surface area contributed by atoms with E-state index >= 15 is 0 Å². The molecule has 2 aromatic heterocycles. The molecule has 0 spiro atoms. The molecule has 16 aromatic rings. The lowest BCUT2D eigenvalue weighted by molar-refractivity contribution is 0.426. The molecule has 0 atom stereocenters. The average Bonchev–Trinajstić information content (AvgIpc) is 1.33. The summed E-state index contributed by atoms with van der Waals surface area (Å²) in [6.45, 7) is 0. The molecule has 2 heterocycles. The number of halogens is 1. The first-order chi connectivity index (χ1) is 44.2. The molecule has 0 fully saturated rings. The van der Waals surface area contributed by atoms with E-state index in [0.717, 1.165) is 77.8 Å². The lowest BCUT2D eigenvalue weighted by atomic mass is 9.81. The summed E-state index contributed by atoms with van der Waals surface area (Å²) < 4.78 is 12.9. The van der Waals surface area contributed by atoms with Crippen LogP contribution in [0.3, 0.4) is 0 Å². The second-order valence-corrected chi connectivity index (χ2v) is 22.2. The maximum absolute atomic E-state index is 9.40. The number of hydrogen-bond donors (Lipinski definition) is 2. The summed E-state index contributed by atoms with van der Waals surface area (Å²) in [5.41, 5.74) is 17.0. The first-order valence-electron chi connectivity index (χ1n) is 29.3. The molecule has 0 saturated carbocycles. The highest BCUT2D eigenvalue weighted by Gasteiger charge is 2.21. The number of oxazole rings is 2. The van der Waals surface area contributed by atoms with Crippen molar-refractivity contribution < 1.29 is 18.9 Å². The van der Waals surface area contributed by atoms with Crippen LogP contribution in [0.4, 0.5) is 0 Å². The zero-order valence-corrected chi connectivity index (χ0v) is 48.9. The van der Waals surface area contributed by atoms with Crippen LogP contribution in [0.5, 0.6) is 0 Å². The molecule has 16 rings (SSSR count). The van der Waals surface area contributed by atoms with Gasteiger partial charge in [0.1, 0.15) is 11.0 Å². The van der Waals surface area contributed by atoms with Gasteiger partial charge in [-0.25, -0.2) is 9.97 Å². The number of benzene rings is 14. The molecule has 0 aliphatic rings. The second kappa shape index (κ2) is 24.6. The van der Waals surface area contributed by atoms with Gasteiger partial charge in [-0.15, -0.1) is 0 Å². The first-order valence-corrected chi connectivity index (χ1v) is 29.7. The minimum absolute atomic E-state index is 0.525. The lowest BCUT2D eigenvalue weighted by Gasteiger charge is -2.12. The van der Waals surface area contributed by atoms with Crippen molar-refractivity contribution in [2.24, 2.45) is 0 Å². The van der Waals surface area contributed by atoms with Gasteiger partial charge in [0.05, 0.1) is 23.3 Å². The van der Waals surface area contributed by atoms with Crippen LogP contribution < -0.4 is 5.46 Å². The van der Waals surface area contributed by atoms with Gasteiger partial charge in [0.15, 0.2) is 11.2 Å². The Balaban J connectivity index is 0.000000139. The van der Waals surface area contributed by atoms with Crippen LogP contribution in [0.15, 0.2) is 300 Å². The van der Waals surface area contributed by atoms with Crippen molar-refractivity contribution in [3.63, 3.8) is 0 Å². The highest BCUT2D eigenvalue weighted by atomic mass is 35.5. The Hall–Kier alpha value is -11.7. The summed E-state index contributed by atoms with van der Waals surface area (Å²) in [6, 6.07) is 102. The normalized spacial score (nSPS) is 11.0. The predicted octanol–water partition coefficient (Wildman–Crippen LogP) is 19.7. The quantitative estimate of drug-likeness (QED) is 0.113. The van der Waals surface area contributed by atoms with Gasteiger partial charge in [-0.2, -0.15) is 10.5 Å². The topological polar surface area (TPSA) is 140 Å². The smallest absolute Gasteiger partial charge is 0.436 e. The largest absolute Gasteiger partial charge is 0.488 e. The van der Waals surface area contributed by atoms with Crippen molar-refractivity contribution in [3.05, 3.63) is 307 Å². The van der Waals surface area contributed by atoms with E-state index < -0.39 is 7.12 Å². The molecule has 0 amide bonds. The molecule has 10 heteroatoms. The molecule has 14 aromatic carbocycles.